The predicted molar refractivity (Wildman–Crippen MR) is 148 cm³/mol. The van der Waals surface area contributed by atoms with Crippen molar-refractivity contribution in [1.82, 2.24) is 0 Å². The Balaban J connectivity index is 1.72. The van der Waals surface area contributed by atoms with Crippen molar-refractivity contribution < 1.29 is 5.11 Å². The Bertz CT molecular complexity index is 867. The number of hydrogen-bond donors (Lipinski definition) is 1. The highest BCUT2D eigenvalue weighted by atomic mass is 31.2. The maximum atomic E-state index is 10.6. The van der Waals surface area contributed by atoms with Gasteiger partial charge < -0.3 is 5.11 Å². The summed E-state index contributed by atoms with van der Waals surface area (Å²) in [5, 5.41) is 13.5. The van der Waals surface area contributed by atoms with E-state index in [4.69, 9.17) is 0 Å². The highest BCUT2D eigenvalue weighted by Gasteiger charge is 2.42. The van der Waals surface area contributed by atoms with Crippen LogP contribution in [-0.2, 0) is 6.16 Å². The largest absolute Gasteiger partial charge is 0.508 e. The first-order chi connectivity index (χ1) is 16.3. The number of rotatable bonds is 15. The number of hydrogen-bond acceptors (Lipinski definition) is 1. The van der Waals surface area contributed by atoms with Crippen molar-refractivity contribution >= 4 is 17.9 Å². The first-order valence-corrected chi connectivity index (χ1v) is 15.2. The van der Waals surface area contributed by atoms with Crippen molar-refractivity contribution in [3.63, 3.8) is 0 Å². The molecule has 1 nitrogen and oxygen atoms in total. The van der Waals surface area contributed by atoms with Crippen molar-refractivity contribution in [3.05, 3.63) is 90.5 Å². The van der Waals surface area contributed by atoms with Crippen LogP contribution in [0.15, 0.2) is 84.9 Å². The lowest BCUT2D eigenvalue weighted by atomic mass is 10.1. The number of benzene rings is 3. The summed E-state index contributed by atoms with van der Waals surface area (Å²) in [5.41, 5.74) is 1.07. The van der Waals surface area contributed by atoms with Crippen LogP contribution < -0.4 is 10.6 Å². The lowest BCUT2D eigenvalue weighted by Gasteiger charge is -2.28. The van der Waals surface area contributed by atoms with Gasteiger partial charge in [-0.05, 0) is 43.2 Å². The van der Waals surface area contributed by atoms with E-state index in [1.807, 2.05) is 12.1 Å². The maximum Gasteiger partial charge on any atom is 0.122 e. The number of aromatic hydroxyl groups is 1. The van der Waals surface area contributed by atoms with E-state index in [9.17, 15) is 5.11 Å². The zero-order valence-electron chi connectivity index (χ0n) is 20.5. The molecule has 0 spiro atoms. The second kappa shape index (κ2) is 14.2. The van der Waals surface area contributed by atoms with Crippen molar-refractivity contribution in [1.29, 1.82) is 0 Å². The Kier molecular flexibility index (Phi) is 11.0. The monoisotopic (exact) mass is 461 g/mol. The Morgan fingerprint density at radius 2 is 1.00 bits per heavy atom. The molecule has 0 aromatic heterocycles. The molecule has 3 aromatic carbocycles. The second-order valence-corrected chi connectivity index (χ2v) is 13.1. The maximum absolute atomic E-state index is 10.6. The Hall–Kier alpha value is -2.11. The molecular formula is C31H42OP+. The second-order valence-electron chi connectivity index (χ2n) is 9.33. The van der Waals surface area contributed by atoms with Gasteiger partial charge in [0.2, 0.25) is 0 Å². The number of unbranched alkanes of at least 4 members (excludes halogenated alkanes) is 9. The van der Waals surface area contributed by atoms with E-state index in [2.05, 4.69) is 79.7 Å². The Labute approximate surface area is 202 Å². The molecule has 0 aliphatic carbocycles. The summed E-state index contributed by atoms with van der Waals surface area (Å²) in [4.78, 5) is 0. The van der Waals surface area contributed by atoms with Crippen molar-refractivity contribution in [2.45, 2.75) is 77.3 Å². The average Bonchev–Trinajstić information content (AvgIpc) is 2.87. The van der Waals surface area contributed by atoms with E-state index in [0.717, 1.165) is 11.7 Å². The molecule has 0 unspecified atom stereocenters. The molecule has 2 heteroatoms. The standard InChI is InChI=1S/C31H41OP/c1-2-3-4-5-6-7-8-9-10-19-26-33(29-21-13-11-14-22-29,30-23-15-12-16-24-30)27-28-20-17-18-25-31(28)32/h11-18,20-25H,2-10,19,26-27H2,1H3/p+1. The van der Waals surface area contributed by atoms with Crippen LogP contribution in [0.2, 0.25) is 0 Å². The number of phenolic OH excluding ortho intramolecular Hbond substituents is 1. The van der Waals surface area contributed by atoms with E-state index in [1.165, 1.54) is 81.0 Å². The molecular weight excluding hydrogens is 419 g/mol. The molecule has 0 heterocycles. The third-order valence-electron chi connectivity index (χ3n) is 6.83. The van der Waals surface area contributed by atoms with E-state index in [1.54, 1.807) is 0 Å². The van der Waals surface area contributed by atoms with Gasteiger partial charge in [0.15, 0.2) is 0 Å². The molecule has 3 rings (SSSR count). The lowest BCUT2D eigenvalue weighted by Crippen LogP contribution is -2.26. The third-order valence-corrected chi connectivity index (χ3v) is 11.4. The highest BCUT2D eigenvalue weighted by Crippen LogP contribution is 2.60. The molecule has 0 radical (unpaired) electrons. The average molecular weight is 462 g/mol. The first kappa shape index (κ1) is 25.5. The van der Waals surface area contributed by atoms with E-state index in [-0.39, 0.29) is 0 Å². The molecule has 0 fully saturated rings. The van der Waals surface area contributed by atoms with Crippen LogP contribution in [0, 0.1) is 0 Å². The molecule has 0 saturated heterocycles. The molecule has 1 N–H and O–H groups in total. The molecule has 0 atom stereocenters. The zero-order chi connectivity index (χ0) is 23.2. The van der Waals surface area contributed by atoms with E-state index in [0.29, 0.717) is 5.75 Å². The summed E-state index contributed by atoms with van der Waals surface area (Å²) >= 11 is 0. The summed E-state index contributed by atoms with van der Waals surface area (Å²) in [6, 6.07) is 30.1. The number of phenols is 1. The van der Waals surface area contributed by atoms with E-state index >= 15 is 0 Å². The minimum Gasteiger partial charge on any atom is -0.508 e. The van der Waals surface area contributed by atoms with Gasteiger partial charge in [0, 0.05) is 5.56 Å². The summed E-state index contributed by atoms with van der Waals surface area (Å²) in [7, 11) is -1.68. The van der Waals surface area contributed by atoms with Crippen LogP contribution in [0.5, 0.6) is 5.75 Å². The Morgan fingerprint density at radius 3 is 1.52 bits per heavy atom. The van der Waals surface area contributed by atoms with Gasteiger partial charge in [-0.2, -0.15) is 0 Å². The molecule has 0 amide bonds. The van der Waals surface area contributed by atoms with Gasteiger partial charge in [-0.1, -0.05) is 113 Å². The molecule has 3 aromatic rings. The van der Waals surface area contributed by atoms with Crippen LogP contribution in [0.4, 0.5) is 0 Å². The minimum atomic E-state index is -1.68. The fraction of sp³-hybridized carbons (Fsp3) is 0.419. The molecule has 176 valence electrons. The molecule has 0 aliphatic rings. The minimum absolute atomic E-state index is 0.428. The smallest absolute Gasteiger partial charge is 0.122 e. The molecule has 0 saturated carbocycles. The van der Waals surface area contributed by atoms with Crippen molar-refractivity contribution in [2.24, 2.45) is 0 Å². The van der Waals surface area contributed by atoms with Crippen LogP contribution in [0.1, 0.15) is 76.7 Å². The zero-order valence-corrected chi connectivity index (χ0v) is 21.4. The highest BCUT2D eigenvalue weighted by molar-refractivity contribution is 7.88. The predicted octanol–water partition coefficient (Wildman–Crippen LogP) is 8.48. The quantitative estimate of drug-likeness (QED) is 0.178. The molecule has 0 bridgehead atoms. The summed E-state index contributed by atoms with van der Waals surface area (Å²) < 4.78 is 0. The Morgan fingerprint density at radius 1 is 0.545 bits per heavy atom. The summed E-state index contributed by atoms with van der Waals surface area (Å²) in [5.74, 6) is 0.428. The molecule has 33 heavy (non-hydrogen) atoms. The van der Waals surface area contributed by atoms with Gasteiger partial charge in [-0.15, -0.1) is 0 Å². The van der Waals surface area contributed by atoms with Gasteiger partial charge in [0.1, 0.15) is 5.75 Å². The topological polar surface area (TPSA) is 20.2 Å². The van der Waals surface area contributed by atoms with Crippen molar-refractivity contribution in [2.75, 3.05) is 6.16 Å². The lowest BCUT2D eigenvalue weighted by molar-refractivity contribution is 0.470. The van der Waals surface area contributed by atoms with Crippen LogP contribution >= 0.6 is 7.26 Å². The molecule has 0 aliphatic heterocycles. The van der Waals surface area contributed by atoms with Gasteiger partial charge in [-0.25, -0.2) is 0 Å². The fourth-order valence-corrected chi connectivity index (χ4v) is 9.34. The van der Waals surface area contributed by atoms with Gasteiger partial charge >= 0.3 is 0 Å². The van der Waals surface area contributed by atoms with E-state index < -0.39 is 7.26 Å². The van der Waals surface area contributed by atoms with Crippen molar-refractivity contribution in [3.8, 4) is 5.75 Å². The third kappa shape index (κ3) is 7.72. The SMILES string of the molecule is CCCCCCCCCCCC[P+](Cc1ccccc1O)(c1ccccc1)c1ccccc1. The first-order valence-electron chi connectivity index (χ1n) is 13.0. The normalized spacial score (nSPS) is 11.5. The van der Waals surface area contributed by atoms with Crippen LogP contribution in [-0.4, -0.2) is 11.3 Å². The van der Waals surface area contributed by atoms with Crippen LogP contribution in [0.3, 0.4) is 0 Å². The van der Waals surface area contributed by atoms with Crippen LogP contribution in [0.25, 0.3) is 0 Å². The summed E-state index contributed by atoms with van der Waals surface area (Å²) in [6.07, 6.45) is 15.7. The van der Waals surface area contributed by atoms with Gasteiger partial charge in [0.05, 0.1) is 30.2 Å². The summed E-state index contributed by atoms with van der Waals surface area (Å²) in [6.45, 7) is 2.28. The van der Waals surface area contributed by atoms with Gasteiger partial charge in [-0.3, -0.25) is 0 Å². The fourth-order valence-electron chi connectivity index (χ4n) is 4.90. The number of para-hydroxylation sites is 1. The van der Waals surface area contributed by atoms with Gasteiger partial charge in [0.25, 0.3) is 0 Å².